The molecule has 0 aliphatic heterocycles. The number of pyridine rings is 2. The number of nitrogens with zero attached hydrogens (tertiary/aromatic N) is 4. The van der Waals surface area contributed by atoms with Gasteiger partial charge in [-0.2, -0.15) is 0 Å². The Labute approximate surface area is 215 Å². The predicted molar refractivity (Wildman–Crippen MR) is 143 cm³/mol. The topological polar surface area (TPSA) is 99.8 Å². The molecular formula is C30H29N5O2. The van der Waals surface area contributed by atoms with Gasteiger partial charge in [0, 0.05) is 46.2 Å². The number of hydrogen-bond donors (Lipinski definition) is 1. The van der Waals surface area contributed by atoms with E-state index >= 15 is 0 Å². The van der Waals surface area contributed by atoms with Crippen molar-refractivity contribution in [3.05, 3.63) is 89.8 Å². The Morgan fingerprint density at radius 3 is 2.49 bits per heavy atom. The Hall–Kier alpha value is -4.26. The van der Waals surface area contributed by atoms with E-state index in [-0.39, 0.29) is 6.04 Å². The first kappa shape index (κ1) is 23.2. The summed E-state index contributed by atoms with van der Waals surface area (Å²) in [6.07, 6.45) is 10.8. The largest absolute Gasteiger partial charge is 0.366 e. The van der Waals surface area contributed by atoms with E-state index in [4.69, 9.17) is 20.2 Å². The highest BCUT2D eigenvalue weighted by atomic mass is 16.5. The monoisotopic (exact) mass is 491 g/mol. The number of hydrogen-bond acceptors (Lipinski definition) is 5. The maximum atomic E-state index is 11.7. The summed E-state index contributed by atoms with van der Waals surface area (Å²) in [4.78, 5) is 21.5. The second-order valence-electron chi connectivity index (χ2n) is 9.93. The fourth-order valence-corrected chi connectivity index (χ4v) is 5.85. The Kier molecular flexibility index (Phi) is 5.83. The van der Waals surface area contributed by atoms with Gasteiger partial charge < -0.3 is 14.8 Å². The Morgan fingerprint density at radius 1 is 1.05 bits per heavy atom. The van der Waals surface area contributed by atoms with Gasteiger partial charge in [0.05, 0.1) is 17.4 Å². The molecule has 37 heavy (non-hydrogen) atoms. The summed E-state index contributed by atoms with van der Waals surface area (Å²) in [6, 6.07) is 15.9. The van der Waals surface area contributed by atoms with E-state index in [9.17, 15) is 4.79 Å². The van der Waals surface area contributed by atoms with Gasteiger partial charge in [-0.15, -0.1) is 0 Å². The van der Waals surface area contributed by atoms with Crippen molar-refractivity contribution in [2.45, 2.75) is 45.6 Å². The number of aromatic nitrogens is 4. The lowest BCUT2D eigenvalue weighted by Crippen LogP contribution is -2.19. The minimum atomic E-state index is -0.437. The third-order valence-electron chi connectivity index (χ3n) is 7.61. The standard InChI is InChI=1S/C30H29N5O2/c1-18-27(19(2)37-34-18)23-15-24-25(20-10-12-22(13-11-20)29(31)36)17-35(30(24)33-16-23)28(21-7-3-4-8-21)26-9-5-6-14-32-26/h5-6,9-17,21,28H,3-4,7-8H2,1-2H3,(H2,31,36). The summed E-state index contributed by atoms with van der Waals surface area (Å²) in [5.41, 5.74) is 12.8. The first-order valence-corrected chi connectivity index (χ1v) is 12.8. The van der Waals surface area contributed by atoms with Crippen LogP contribution in [0.25, 0.3) is 33.3 Å². The number of primary amides is 1. The van der Waals surface area contributed by atoms with E-state index in [0.29, 0.717) is 11.5 Å². The van der Waals surface area contributed by atoms with Crippen molar-refractivity contribution in [2.24, 2.45) is 11.7 Å². The van der Waals surface area contributed by atoms with Crippen LogP contribution in [0.2, 0.25) is 0 Å². The molecule has 1 amide bonds. The molecular weight excluding hydrogens is 462 g/mol. The van der Waals surface area contributed by atoms with Gasteiger partial charge in [0.2, 0.25) is 5.91 Å². The number of benzene rings is 1. The number of nitrogens with two attached hydrogens (primary N) is 1. The van der Waals surface area contributed by atoms with Crippen molar-refractivity contribution in [1.82, 2.24) is 19.7 Å². The zero-order valence-electron chi connectivity index (χ0n) is 21.0. The second-order valence-corrected chi connectivity index (χ2v) is 9.93. The maximum Gasteiger partial charge on any atom is 0.248 e. The molecule has 186 valence electrons. The van der Waals surface area contributed by atoms with Gasteiger partial charge in [0.1, 0.15) is 11.4 Å². The maximum absolute atomic E-state index is 11.7. The minimum Gasteiger partial charge on any atom is -0.366 e. The quantitative estimate of drug-likeness (QED) is 0.303. The molecule has 2 N–H and O–H groups in total. The molecule has 4 heterocycles. The molecule has 5 aromatic rings. The molecule has 1 aromatic carbocycles. The molecule has 0 radical (unpaired) electrons. The van der Waals surface area contributed by atoms with Gasteiger partial charge in [0.15, 0.2) is 0 Å². The number of amides is 1. The van der Waals surface area contributed by atoms with E-state index in [1.165, 1.54) is 25.7 Å². The van der Waals surface area contributed by atoms with Crippen LogP contribution in [0.15, 0.2) is 71.6 Å². The SMILES string of the molecule is Cc1noc(C)c1-c1cnc2c(c1)c(-c1ccc(C(N)=O)cc1)cn2C(c1ccccn1)C1CCCC1. The Balaban J connectivity index is 1.59. The predicted octanol–water partition coefficient (Wildman–Crippen LogP) is 6.25. The lowest BCUT2D eigenvalue weighted by atomic mass is 9.94. The molecule has 1 saturated carbocycles. The lowest BCUT2D eigenvalue weighted by molar-refractivity contribution is 0.100. The minimum absolute atomic E-state index is 0.0854. The molecule has 0 bridgehead atoms. The van der Waals surface area contributed by atoms with Gasteiger partial charge in [-0.3, -0.25) is 9.78 Å². The smallest absolute Gasteiger partial charge is 0.248 e. The van der Waals surface area contributed by atoms with E-state index in [2.05, 4.69) is 34.1 Å². The number of rotatable bonds is 6. The Morgan fingerprint density at radius 2 is 1.84 bits per heavy atom. The summed E-state index contributed by atoms with van der Waals surface area (Å²) in [7, 11) is 0. The molecule has 1 fully saturated rings. The molecule has 0 saturated heterocycles. The van der Waals surface area contributed by atoms with Gasteiger partial charge in [-0.05, 0) is 68.5 Å². The zero-order chi connectivity index (χ0) is 25.5. The van der Waals surface area contributed by atoms with Crippen LogP contribution in [-0.2, 0) is 0 Å². The van der Waals surface area contributed by atoms with Crippen molar-refractivity contribution in [1.29, 1.82) is 0 Å². The highest BCUT2D eigenvalue weighted by Crippen LogP contribution is 2.42. The molecule has 4 aromatic heterocycles. The fourth-order valence-electron chi connectivity index (χ4n) is 5.85. The van der Waals surface area contributed by atoms with Gasteiger partial charge in [0.25, 0.3) is 0 Å². The third kappa shape index (κ3) is 4.10. The summed E-state index contributed by atoms with van der Waals surface area (Å²) >= 11 is 0. The van der Waals surface area contributed by atoms with Crippen LogP contribution >= 0.6 is 0 Å². The number of fused-ring (bicyclic) bond motifs is 1. The van der Waals surface area contributed by atoms with Crippen LogP contribution in [0.3, 0.4) is 0 Å². The molecule has 1 unspecified atom stereocenters. The summed E-state index contributed by atoms with van der Waals surface area (Å²) in [5, 5.41) is 5.18. The number of aryl methyl sites for hydroxylation is 2. The average molecular weight is 492 g/mol. The van der Waals surface area contributed by atoms with Crippen LogP contribution in [0.5, 0.6) is 0 Å². The van der Waals surface area contributed by atoms with Crippen LogP contribution < -0.4 is 5.73 Å². The fraction of sp³-hybridized carbons (Fsp3) is 0.267. The normalized spacial score (nSPS) is 14.9. The summed E-state index contributed by atoms with van der Waals surface area (Å²) in [5.74, 6) is 0.815. The zero-order valence-corrected chi connectivity index (χ0v) is 21.0. The summed E-state index contributed by atoms with van der Waals surface area (Å²) < 4.78 is 7.75. The highest BCUT2D eigenvalue weighted by molar-refractivity contribution is 5.98. The van der Waals surface area contributed by atoms with Crippen molar-refractivity contribution in [2.75, 3.05) is 0 Å². The van der Waals surface area contributed by atoms with E-state index < -0.39 is 5.91 Å². The average Bonchev–Trinajstić information content (AvgIpc) is 3.65. The first-order chi connectivity index (χ1) is 18.0. The van der Waals surface area contributed by atoms with Gasteiger partial charge >= 0.3 is 0 Å². The summed E-state index contributed by atoms with van der Waals surface area (Å²) in [6.45, 7) is 3.87. The van der Waals surface area contributed by atoms with Crippen molar-refractivity contribution >= 4 is 16.9 Å². The number of carbonyl (C=O) groups is 1. The molecule has 1 aliphatic rings. The first-order valence-electron chi connectivity index (χ1n) is 12.8. The van der Waals surface area contributed by atoms with Gasteiger partial charge in [-0.25, -0.2) is 4.98 Å². The van der Waals surface area contributed by atoms with E-state index in [1.807, 2.05) is 44.4 Å². The van der Waals surface area contributed by atoms with Crippen molar-refractivity contribution in [3.63, 3.8) is 0 Å². The van der Waals surface area contributed by atoms with Crippen LogP contribution in [-0.4, -0.2) is 25.6 Å². The molecule has 6 rings (SSSR count). The third-order valence-corrected chi connectivity index (χ3v) is 7.61. The molecule has 0 spiro atoms. The molecule has 1 atom stereocenters. The van der Waals surface area contributed by atoms with Gasteiger partial charge in [-0.1, -0.05) is 36.2 Å². The molecule has 7 heteroatoms. The van der Waals surface area contributed by atoms with E-state index in [1.54, 1.807) is 12.1 Å². The molecule has 7 nitrogen and oxygen atoms in total. The van der Waals surface area contributed by atoms with Crippen molar-refractivity contribution in [3.8, 4) is 22.3 Å². The second kappa shape index (κ2) is 9.32. The van der Waals surface area contributed by atoms with E-state index in [0.717, 1.165) is 50.4 Å². The van der Waals surface area contributed by atoms with Crippen LogP contribution in [0, 0.1) is 19.8 Å². The lowest BCUT2D eigenvalue weighted by Gasteiger charge is -2.25. The number of carbonyl (C=O) groups excluding carboxylic acids is 1. The highest BCUT2D eigenvalue weighted by Gasteiger charge is 2.31. The molecule has 1 aliphatic carbocycles. The van der Waals surface area contributed by atoms with Crippen LogP contribution in [0.4, 0.5) is 0 Å². The van der Waals surface area contributed by atoms with Crippen molar-refractivity contribution < 1.29 is 9.32 Å². The Bertz CT molecular complexity index is 1560. The van der Waals surface area contributed by atoms with Crippen LogP contribution in [0.1, 0.15) is 59.2 Å².